The number of hydrogen-bond acceptors (Lipinski definition) is 2. The molecule has 0 unspecified atom stereocenters. The second-order valence-corrected chi connectivity index (χ2v) is 5.45. The first kappa shape index (κ1) is 14.0. The van der Waals surface area contributed by atoms with Crippen LogP contribution in [0.25, 0.3) is 0 Å². The largest absolute Gasteiger partial charge is 0.389 e. The highest BCUT2D eigenvalue weighted by Gasteiger charge is 2.27. The minimum absolute atomic E-state index is 0.414. The highest BCUT2D eigenvalue weighted by atomic mass is 16.3. The van der Waals surface area contributed by atoms with Gasteiger partial charge in [0.15, 0.2) is 0 Å². The molecular formula is C14H29NO. The molecule has 1 aliphatic rings. The number of rotatable bonds is 6. The van der Waals surface area contributed by atoms with Gasteiger partial charge in [-0.15, -0.1) is 0 Å². The summed E-state index contributed by atoms with van der Waals surface area (Å²) in [5, 5.41) is 13.9. The van der Waals surface area contributed by atoms with Crippen LogP contribution in [0.5, 0.6) is 0 Å². The van der Waals surface area contributed by atoms with Crippen LogP contribution in [0.15, 0.2) is 0 Å². The van der Waals surface area contributed by atoms with E-state index in [-0.39, 0.29) is 0 Å². The SMILES string of the molecule is CCC(CC)CNCC1(O)CCCCCC1. The Kier molecular flexibility index (Phi) is 6.37. The van der Waals surface area contributed by atoms with E-state index in [1.165, 1.54) is 38.5 Å². The van der Waals surface area contributed by atoms with Gasteiger partial charge in [0.05, 0.1) is 5.60 Å². The van der Waals surface area contributed by atoms with E-state index in [0.717, 1.165) is 31.8 Å². The Labute approximate surface area is 101 Å². The Morgan fingerprint density at radius 2 is 1.62 bits per heavy atom. The van der Waals surface area contributed by atoms with E-state index in [9.17, 15) is 5.11 Å². The smallest absolute Gasteiger partial charge is 0.0771 e. The van der Waals surface area contributed by atoms with Crippen molar-refractivity contribution in [3.05, 3.63) is 0 Å². The van der Waals surface area contributed by atoms with Crippen LogP contribution >= 0.6 is 0 Å². The van der Waals surface area contributed by atoms with Crippen LogP contribution in [-0.2, 0) is 0 Å². The molecule has 0 aliphatic heterocycles. The Hall–Kier alpha value is -0.0800. The summed E-state index contributed by atoms with van der Waals surface area (Å²) in [4.78, 5) is 0. The maximum Gasteiger partial charge on any atom is 0.0771 e. The van der Waals surface area contributed by atoms with Gasteiger partial charge in [-0.1, -0.05) is 52.4 Å². The lowest BCUT2D eigenvalue weighted by Crippen LogP contribution is -2.41. The summed E-state index contributed by atoms with van der Waals surface area (Å²) in [6.07, 6.45) is 9.45. The minimum atomic E-state index is -0.414. The molecule has 0 heterocycles. The fraction of sp³-hybridized carbons (Fsp3) is 1.00. The third-order valence-electron chi connectivity index (χ3n) is 4.08. The van der Waals surface area contributed by atoms with Gasteiger partial charge in [-0.2, -0.15) is 0 Å². The van der Waals surface area contributed by atoms with E-state index in [4.69, 9.17) is 0 Å². The minimum Gasteiger partial charge on any atom is -0.389 e. The average molecular weight is 227 g/mol. The third kappa shape index (κ3) is 4.84. The van der Waals surface area contributed by atoms with Gasteiger partial charge >= 0.3 is 0 Å². The molecule has 0 aromatic heterocycles. The molecule has 0 spiro atoms. The monoisotopic (exact) mass is 227 g/mol. The van der Waals surface area contributed by atoms with E-state index < -0.39 is 5.60 Å². The van der Waals surface area contributed by atoms with E-state index >= 15 is 0 Å². The Bertz CT molecular complexity index is 170. The van der Waals surface area contributed by atoms with Gasteiger partial charge in [0.25, 0.3) is 0 Å². The van der Waals surface area contributed by atoms with Crippen molar-refractivity contribution < 1.29 is 5.11 Å². The van der Waals surface area contributed by atoms with Gasteiger partial charge in [0, 0.05) is 6.54 Å². The van der Waals surface area contributed by atoms with E-state index in [2.05, 4.69) is 19.2 Å². The second kappa shape index (κ2) is 7.29. The molecule has 96 valence electrons. The lowest BCUT2D eigenvalue weighted by atomic mass is 9.94. The maximum absolute atomic E-state index is 10.4. The lowest BCUT2D eigenvalue weighted by Gasteiger charge is -2.28. The zero-order valence-corrected chi connectivity index (χ0v) is 11.1. The molecule has 1 rings (SSSR count). The quantitative estimate of drug-likeness (QED) is 0.683. The zero-order valence-electron chi connectivity index (χ0n) is 11.1. The topological polar surface area (TPSA) is 32.3 Å². The molecule has 2 N–H and O–H groups in total. The molecule has 2 nitrogen and oxygen atoms in total. The summed E-state index contributed by atoms with van der Waals surface area (Å²) in [5.41, 5.74) is -0.414. The Morgan fingerprint density at radius 1 is 1.06 bits per heavy atom. The maximum atomic E-state index is 10.4. The summed E-state index contributed by atoms with van der Waals surface area (Å²) < 4.78 is 0. The molecule has 0 bridgehead atoms. The summed E-state index contributed by atoms with van der Waals surface area (Å²) >= 11 is 0. The van der Waals surface area contributed by atoms with Crippen molar-refractivity contribution in [1.82, 2.24) is 5.32 Å². The van der Waals surface area contributed by atoms with Crippen LogP contribution < -0.4 is 5.32 Å². The lowest BCUT2D eigenvalue weighted by molar-refractivity contribution is 0.0245. The Morgan fingerprint density at radius 3 is 2.12 bits per heavy atom. The molecule has 0 amide bonds. The van der Waals surface area contributed by atoms with Crippen LogP contribution in [0.3, 0.4) is 0 Å². The van der Waals surface area contributed by atoms with Gasteiger partial charge < -0.3 is 10.4 Å². The molecule has 1 fully saturated rings. The van der Waals surface area contributed by atoms with Gasteiger partial charge in [0.1, 0.15) is 0 Å². The summed E-state index contributed by atoms with van der Waals surface area (Å²) in [5.74, 6) is 0.773. The van der Waals surface area contributed by atoms with Crippen molar-refractivity contribution in [3.8, 4) is 0 Å². The molecule has 0 radical (unpaired) electrons. The second-order valence-electron chi connectivity index (χ2n) is 5.45. The van der Waals surface area contributed by atoms with Crippen molar-refractivity contribution in [2.24, 2.45) is 5.92 Å². The van der Waals surface area contributed by atoms with Gasteiger partial charge in [-0.25, -0.2) is 0 Å². The van der Waals surface area contributed by atoms with Crippen molar-refractivity contribution in [2.75, 3.05) is 13.1 Å². The molecular weight excluding hydrogens is 198 g/mol. The van der Waals surface area contributed by atoms with E-state index in [1.807, 2.05) is 0 Å². The average Bonchev–Trinajstić information content (AvgIpc) is 2.50. The van der Waals surface area contributed by atoms with E-state index in [0.29, 0.717) is 0 Å². The number of aliphatic hydroxyl groups is 1. The third-order valence-corrected chi connectivity index (χ3v) is 4.08. The fourth-order valence-electron chi connectivity index (χ4n) is 2.65. The standard InChI is InChI=1S/C14H29NO/c1-3-13(4-2)11-15-12-14(16)9-7-5-6-8-10-14/h13,15-16H,3-12H2,1-2H3. The highest BCUT2D eigenvalue weighted by Crippen LogP contribution is 2.26. The first-order chi connectivity index (χ1) is 7.70. The summed E-state index contributed by atoms with van der Waals surface area (Å²) in [7, 11) is 0. The molecule has 1 aliphatic carbocycles. The van der Waals surface area contributed by atoms with Gasteiger partial charge in [-0.3, -0.25) is 0 Å². The molecule has 1 saturated carbocycles. The van der Waals surface area contributed by atoms with Crippen LogP contribution in [-0.4, -0.2) is 23.8 Å². The Balaban J connectivity index is 2.23. The summed E-state index contributed by atoms with van der Waals surface area (Å²) in [6.45, 7) is 6.35. The first-order valence-electron chi connectivity index (χ1n) is 7.13. The predicted molar refractivity (Wildman–Crippen MR) is 69.6 cm³/mol. The molecule has 0 aromatic rings. The van der Waals surface area contributed by atoms with E-state index in [1.54, 1.807) is 0 Å². The fourth-order valence-corrected chi connectivity index (χ4v) is 2.65. The van der Waals surface area contributed by atoms with Crippen LogP contribution in [0, 0.1) is 5.92 Å². The molecule has 0 saturated heterocycles. The van der Waals surface area contributed by atoms with Crippen molar-refractivity contribution in [3.63, 3.8) is 0 Å². The van der Waals surface area contributed by atoms with Gasteiger partial charge in [-0.05, 0) is 25.3 Å². The summed E-state index contributed by atoms with van der Waals surface area (Å²) in [6, 6.07) is 0. The first-order valence-corrected chi connectivity index (χ1v) is 7.13. The van der Waals surface area contributed by atoms with Crippen LogP contribution in [0.4, 0.5) is 0 Å². The highest BCUT2D eigenvalue weighted by molar-refractivity contribution is 4.83. The zero-order chi connectivity index (χ0) is 11.9. The number of hydrogen-bond donors (Lipinski definition) is 2. The normalized spacial score (nSPS) is 21.0. The van der Waals surface area contributed by atoms with Crippen LogP contribution in [0.1, 0.15) is 65.2 Å². The van der Waals surface area contributed by atoms with Crippen molar-refractivity contribution in [2.45, 2.75) is 70.8 Å². The molecule has 16 heavy (non-hydrogen) atoms. The number of nitrogens with one attached hydrogen (secondary N) is 1. The molecule has 0 aromatic carbocycles. The van der Waals surface area contributed by atoms with Gasteiger partial charge in [0.2, 0.25) is 0 Å². The predicted octanol–water partition coefficient (Wildman–Crippen LogP) is 3.10. The van der Waals surface area contributed by atoms with Crippen molar-refractivity contribution >= 4 is 0 Å². The molecule has 0 atom stereocenters. The van der Waals surface area contributed by atoms with Crippen LogP contribution in [0.2, 0.25) is 0 Å². The molecule has 2 heteroatoms. The van der Waals surface area contributed by atoms with Crippen molar-refractivity contribution in [1.29, 1.82) is 0 Å².